The molecule has 7 heavy (non-hydrogen) atoms. The van der Waals surface area contributed by atoms with Crippen LogP contribution in [0, 0.1) is 0 Å². The van der Waals surface area contributed by atoms with Crippen molar-refractivity contribution >= 4 is 47.8 Å². The van der Waals surface area contributed by atoms with E-state index in [4.69, 9.17) is 5.11 Å². The lowest BCUT2D eigenvalue weighted by Crippen LogP contribution is -2.18. The zero-order chi connectivity index (χ0) is 6.08. The van der Waals surface area contributed by atoms with Crippen LogP contribution in [0.25, 0.3) is 0 Å². The standard InChI is InChI=1S/C3H5Br3O/c1-2(7)3(4,5)6/h2,7H,1H3. The first-order valence-electron chi connectivity index (χ1n) is 1.69. The molecule has 1 N–H and O–H groups in total. The summed E-state index contributed by atoms with van der Waals surface area (Å²) in [7, 11) is 0. The molecule has 0 heterocycles. The van der Waals surface area contributed by atoms with Crippen LogP contribution in [0.15, 0.2) is 0 Å². The Morgan fingerprint density at radius 1 is 1.43 bits per heavy atom. The van der Waals surface area contributed by atoms with E-state index in [1.165, 1.54) is 0 Å². The normalized spacial score (nSPS) is 16.7. The van der Waals surface area contributed by atoms with Crippen LogP contribution in [0.5, 0.6) is 0 Å². The fraction of sp³-hybridized carbons (Fsp3) is 1.00. The van der Waals surface area contributed by atoms with Crippen molar-refractivity contribution in [2.75, 3.05) is 0 Å². The minimum atomic E-state index is -0.507. The Hall–Kier alpha value is 1.40. The fourth-order valence-corrected chi connectivity index (χ4v) is 0. The Bertz CT molecular complexity index is 55.7. The summed E-state index contributed by atoms with van der Waals surface area (Å²) >= 11 is 9.38. The van der Waals surface area contributed by atoms with Crippen molar-refractivity contribution in [3.8, 4) is 0 Å². The van der Waals surface area contributed by atoms with Crippen LogP contribution in [-0.4, -0.2) is 13.4 Å². The predicted octanol–water partition coefficient (Wildman–Crippen LogP) is 2.21. The highest BCUT2D eigenvalue weighted by atomic mass is 80.0. The molecule has 44 valence electrons. The molecule has 0 aromatic carbocycles. The van der Waals surface area contributed by atoms with E-state index in [0.717, 1.165) is 0 Å². The zero-order valence-corrected chi connectivity index (χ0v) is 8.42. The second kappa shape index (κ2) is 2.80. The second-order valence-electron chi connectivity index (χ2n) is 1.22. The lowest BCUT2D eigenvalue weighted by atomic mass is 10.5. The Balaban J connectivity index is 3.54. The lowest BCUT2D eigenvalue weighted by molar-refractivity contribution is 0.210. The van der Waals surface area contributed by atoms with E-state index in [1.807, 2.05) is 0 Å². The van der Waals surface area contributed by atoms with Crippen LogP contribution in [0.2, 0.25) is 0 Å². The Morgan fingerprint density at radius 2 is 1.57 bits per heavy atom. The Morgan fingerprint density at radius 3 is 1.57 bits per heavy atom. The molecular weight excluding hydrogens is 292 g/mol. The molecule has 1 unspecified atom stereocenters. The maximum absolute atomic E-state index is 8.75. The van der Waals surface area contributed by atoms with E-state index in [9.17, 15) is 0 Å². The van der Waals surface area contributed by atoms with Crippen molar-refractivity contribution in [3.63, 3.8) is 0 Å². The molecule has 1 nitrogen and oxygen atoms in total. The van der Waals surface area contributed by atoms with Crippen LogP contribution in [0.1, 0.15) is 6.92 Å². The first-order chi connectivity index (χ1) is 2.94. The molecule has 0 bridgehead atoms. The van der Waals surface area contributed by atoms with E-state index in [-0.39, 0.29) is 0 Å². The topological polar surface area (TPSA) is 20.2 Å². The molecule has 0 aliphatic heterocycles. The van der Waals surface area contributed by atoms with Gasteiger partial charge < -0.3 is 5.11 Å². The quantitative estimate of drug-likeness (QED) is 0.680. The molecule has 0 aliphatic carbocycles. The van der Waals surface area contributed by atoms with Gasteiger partial charge >= 0.3 is 0 Å². The minimum Gasteiger partial charge on any atom is -0.390 e. The number of rotatable bonds is 0. The highest BCUT2D eigenvalue weighted by molar-refractivity contribution is 9.39. The first-order valence-corrected chi connectivity index (χ1v) is 4.07. The second-order valence-corrected chi connectivity index (χ2v) is 8.16. The fourth-order valence-electron chi connectivity index (χ4n) is 0. The van der Waals surface area contributed by atoms with E-state index < -0.39 is 8.25 Å². The van der Waals surface area contributed by atoms with Crippen molar-refractivity contribution in [2.24, 2.45) is 0 Å². The van der Waals surface area contributed by atoms with Crippen molar-refractivity contribution in [1.82, 2.24) is 0 Å². The predicted molar refractivity (Wildman–Crippen MR) is 41.2 cm³/mol. The van der Waals surface area contributed by atoms with Gasteiger partial charge in [0, 0.05) is 0 Å². The molecule has 0 aromatic rings. The highest BCUT2D eigenvalue weighted by Gasteiger charge is 2.23. The summed E-state index contributed by atoms with van der Waals surface area (Å²) in [4.78, 5) is 0. The number of hydrogen-bond donors (Lipinski definition) is 1. The van der Waals surface area contributed by atoms with Gasteiger partial charge in [0.2, 0.25) is 0 Å². The van der Waals surface area contributed by atoms with E-state index in [0.29, 0.717) is 0 Å². The molecule has 1 atom stereocenters. The molecule has 0 radical (unpaired) electrons. The lowest BCUT2D eigenvalue weighted by Gasteiger charge is -2.13. The number of hydrogen-bond acceptors (Lipinski definition) is 1. The summed E-state index contributed by atoms with van der Waals surface area (Å²) in [6.45, 7) is 1.66. The summed E-state index contributed by atoms with van der Waals surface area (Å²) in [5.74, 6) is 0. The number of aliphatic hydroxyl groups excluding tert-OH is 1. The monoisotopic (exact) mass is 294 g/mol. The molecule has 0 fully saturated rings. The molecule has 0 spiro atoms. The van der Waals surface area contributed by atoms with Gasteiger partial charge in [-0.1, -0.05) is 47.8 Å². The minimum absolute atomic E-state index is 0.451. The van der Waals surface area contributed by atoms with E-state index in [2.05, 4.69) is 47.8 Å². The Labute approximate surface area is 67.9 Å². The molecular formula is C3H5Br3O. The van der Waals surface area contributed by atoms with Gasteiger partial charge in [0.15, 0.2) is 2.14 Å². The van der Waals surface area contributed by atoms with Gasteiger partial charge in [-0.15, -0.1) is 0 Å². The number of aliphatic hydroxyl groups is 1. The Kier molecular flexibility index (Phi) is 3.36. The third kappa shape index (κ3) is 3.94. The third-order valence-corrected chi connectivity index (χ3v) is 2.46. The van der Waals surface area contributed by atoms with E-state index in [1.54, 1.807) is 6.92 Å². The molecule has 0 aromatic heterocycles. The van der Waals surface area contributed by atoms with Gasteiger partial charge in [0.25, 0.3) is 0 Å². The van der Waals surface area contributed by atoms with Crippen LogP contribution in [-0.2, 0) is 0 Å². The van der Waals surface area contributed by atoms with Gasteiger partial charge in [-0.3, -0.25) is 0 Å². The largest absolute Gasteiger partial charge is 0.390 e. The van der Waals surface area contributed by atoms with Crippen LogP contribution < -0.4 is 0 Å². The average molecular weight is 297 g/mol. The molecule has 4 heteroatoms. The first kappa shape index (κ1) is 8.40. The molecule has 0 saturated heterocycles. The third-order valence-electron chi connectivity index (χ3n) is 0.474. The van der Waals surface area contributed by atoms with Gasteiger partial charge in [-0.2, -0.15) is 0 Å². The molecule has 0 aliphatic rings. The van der Waals surface area contributed by atoms with Crippen LogP contribution >= 0.6 is 47.8 Å². The number of halogens is 3. The average Bonchev–Trinajstić information content (AvgIpc) is 1.31. The van der Waals surface area contributed by atoms with Crippen molar-refractivity contribution in [2.45, 2.75) is 15.2 Å². The van der Waals surface area contributed by atoms with Crippen molar-refractivity contribution in [3.05, 3.63) is 0 Å². The van der Waals surface area contributed by atoms with Crippen LogP contribution in [0.3, 0.4) is 0 Å². The maximum Gasteiger partial charge on any atom is 0.160 e. The van der Waals surface area contributed by atoms with Crippen LogP contribution in [0.4, 0.5) is 0 Å². The summed E-state index contributed by atoms with van der Waals surface area (Å²) in [6, 6.07) is 0. The zero-order valence-electron chi connectivity index (χ0n) is 3.66. The van der Waals surface area contributed by atoms with E-state index >= 15 is 0 Å². The smallest absolute Gasteiger partial charge is 0.160 e. The summed E-state index contributed by atoms with van der Waals surface area (Å²) in [5.41, 5.74) is 0. The maximum atomic E-state index is 8.75. The van der Waals surface area contributed by atoms with Crippen molar-refractivity contribution in [1.29, 1.82) is 0 Å². The van der Waals surface area contributed by atoms with Crippen molar-refractivity contribution < 1.29 is 5.11 Å². The van der Waals surface area contributed by atoms with Gasteiger partial charge in [-0.05, 0) is 6.92 Å². The SMILES string of the molecule is CC(O)C(Br)(Br)Br. The van der Waals surface area contributed by atoms with Gasteiger partial charge in [0.1, 0.15) is 0 Å². The summed E-state index contributed by atoms with van der Waals surface area (Å²) < 4.78 is -0.507. The number of alkyl halides is 3. The summed E-state index contributed by atoms with van der Waals surface area (Å²) in [6.07, 6.45) is -0.451. The van der Waals surface area contributed by atoms with Gasteiger partial charge in [-0.25, -0.2) is 0 Å². The molecule has 0 rings (SSSR count). The molecule has 0 saturated carbocycles. The van der Waals surface area contributed by atoms with Gasteiger partial charge in [0.05, 0.1) is 6.10 Å². The summed E-state index contributed by atoms with van der Waals surface area (Å²) in [5, 5.41) is 8.75. The highest BCUT2D eigenvalue weighted by Crippen LogP contribution is 2.36. The molecule has 0 amide bonds.